The molecule has 1 saturated heterocycles. The number of carbonyl (C=O) groups is 1. The van der Waals surface area contributed by atoms with Crippen molar-refractivity contribution in [2.75, 3.05) is 39.8 Å². The Labute approximate surface area is 110 Å². The van der Waals surface area contributed by atoms with Gasteiger partial charge in [-0.25, -0.2) is 0 Å². The van der Waals surface area contributed by atoms with Gasteiger partial charge in [0.15, 0.2) is 0 Å². The average molecular weight is 257 g/mol. The third-order valence-corrected chi connectivity index (χ3v) is 3.15. The number of nitrogens with zero attached hydrogens (tertiary/aromatic N) is 1. The molecule has 0 radical (unpaired) electrons. The second-order valence-electron chi connectivity index (χ2n) is 5.18. The number of likely N-dealkylation sites (N-methyl/N-ethyl adjacent to an activating group) is 1. The molecule has 0 aromatic heterocycles. The fourth-order valence-corrected chi connectivity index (χ4v) is 2.05. The van der Waals surface area contributed by atoms with Crippen molar-refractivity contribution in [3.05, 3.63) is 0 Å². The lowest BCUT2D eigenvalue weighted by molar-refractivity contribution is -0.122. The van der Waals surface area contributed by atoms with E-state index in [0.29, 0.717) is 25.7 Å². The molecule has 1 rings (SSSR count). The third-order valence-electron chi connectivity index (χ3n) is 3.15. The van der Waals surface area contributed by atoms with Crippen LogP contribution in [0.25, 0.3) is 0 Å². The van der Waals surface area contributed by atoms with Crippen molar-refractivity contribution in [3.63, 3.8) is 0 Å². The van der Waals surface area contributed by atoms with Crippen molar-refractivity contribution in [2.45, 2.75) is 38.8 Å². The number of hydrogen-bond donors (Lipinski definition) is 2. The van der Waals surface area contributed by atoms with Gasteiger partial charge in [0.1, 0.15) is 0 Å². The highest BCUT2D eigenvalue weighted by Crippen LogP contribution is 2.04. The van der Waals surface area contributed by atoms with Gasteiger partial charge in [0.2, 0.25) is 5.91 Å². The van der Waals surface area contributed by atoms with Crippen molar-refractivity contribution in [1.29, 1.82) is 0 Å². The molecule has 1 aliphatic rings. The predicted molar refractivity (Wildman–Crippen MR) is 72.6 cm³/mol. The molecule has 1 unspecified atom stereocenters. The van der Waals surface area contributed by atoms with Gasteiger partial charge in [-0.15, -0.1) is 0 Å². The van der Waals surface area contributed by atoms with Crippen LogP contribution >= 0.6 is 0 Å². The zero-order valence-corrected chi connectivity index (χ0v) is 11.9. The summed E-state index contributed by atoms with van der Waals surface area (Å²) in [5, 5.41) is 6.24. The first-order valence-corrected chi connectivity index (χ1v) is 6.89. The molecular formula is C13H27N3O2. The topological polar surface area (TPSA) is 53.6 Å². The highest BCUT2D eigenvalue weighted by molar-refractivity contribution is 5.77. The van der Waals surface area contributed by atoms with Crippen LogP contribution in [0.1, 0.15) is 26.7 Å². The summed E-state index contributed by atoms with van der Waals surface area (Å²) in [7, 11) is 2.01. The maximum absolute atomic E-state index is 11.7. The van der Waals surface area contributed by atoms with Crippen LogP contribution in [0, 0.1) is 0 Å². The van der Waals surface area contributed by atoms with Crippen molar-refractivity contribution < 1.29 is 9.53 Å². The van der Waals surface area contributed by atoms with Crippen LogP contribution in [0.3, 0.4) is 0 Å². The van der Waals surface area contributed by atoms with E-state index < -0.39 is 0 Å². The van der Waals surface area contributed by atoms with Gasteiger partial charge in [0.25, 0.3) is 0 Å². The Morgan fingerprint density at radius 2 is 2.33 bits per heavy atom. The quantitative estimate of drug-likeness (QED) is 0.611. The molecular weight excluding hydrogens is 230 g/mol. The molecule has 1 aliphatic heterocycles. The van der Waals surface area contributed by atoms with Crippen LogP contribution in [0.4, 0.5) is 0 Å². The van der Waals surface area contributed by atoms with E-state index in [4.69, 9.17) is 4.74 Å². The summed E-state index contributed by atoms with van der Waals surface area (Å²) in [6.45, 7) is 7.97. The van der Waals surface area contributed by atoms with E-state index in [2.05, 4.69) is 15.5 Å². The smallest absolute Gasteiger partial charge is 0.234 e. The van der Waals surface area contributed by atoms with Gasteiger partial charge < -0.3 is 15.4 Å². The fourth-order valence-electron chi connectivity index (χ4n) is 2.05. The zero-order valence-electron chi connectivity index (χ0n) is 11.9. The second-order valence-corrected chi connectivity index (χ2v) is 5.18. The molecule has 1 amide bonds. The largest absolute Gasteiger partial charge is 0.379 e. The standard InChI is InChI=1S/C13H27N3O2/c1-11(2)18-8-4-6-15-13(17)10-16(3)12-5-7-14-9-12/h11-12,14H,4-10H2,1-3H3,(H,15,17). The Balaban J connectivity index is 2.02. The number of nitrogens with one attached hydrogen (secondary N) is 2. The van der Waals surface area contributed by atoms with Crippen molar-refractivity contribution in [3.8, 4) is 0 Å². The first-order valence-electron chi connectivity index (χ1n) is 6.89. The molecule has 5 nitrogen and oxygen atoms in total. The molecule has 0 aliphatic carbocycles. The predicted octanol–water partition coefficient (Wildman–Crippen LogP) is 0.211. The normalized spacial score (nSPS) is 19.7. The number of carbonyl (C=O) groups excluding carboxylic acids is 1. The van der Waals surface area contributed by atoms with Crippen molar-refractivity contribution in [2.24, 2.45) is 0 Å². The monoisotopic (exact) mass is 257 g/mol. The summed E-state index contributed by atoms with van der Waals surface area (Å²) in [4.78, 5) is 13.8. The minimum absolute atomic E-state index is 0.106. The summed E-state index contributed by atoms with van der Waals surface area (Å²) < 4.78 is 5.42. The number of amides is 1. The molecule has 106 valence electrons. The molecule has 2 N–H and O–H groups in total. The Kier molecular flexibility index (Phi) is 7.23. The minimum Gasteiger partial charge on any atom is -0.379 e. The Hall–Kier alpha value is -0.650. The summed E-state index contributed by atoms with van der Waals surface area (Å²) in [5.74, 6) is 0.106. The van der Waals surface area contributed by atoms with Gasteiger partial charge in [0, 0.05) is 25.7 Å². The first-order chi connectivity index (χ1) is 8.59. The average Bonchev–Trinajstić information content (AvgIpc) is 2.81. The van der Waals surface area contributed by atoms with Gasteiger partial charge in [-0.3, -0.25) is 9.69 Å². The SMILES string of the molecule is CC(C)OCCCNC(=O)CN(C)C1CCNC1. The summed E-state index contributed by atoms with van der Waals surface area (Å²) in [6.07, 6.45) is 2.27. The van der Waals surface area contributed by atoms with Gasteiger partial charge in [-0.1, -0.05) is 0 Å². The summed E-state index contributed by atoms with van der Waals surface area (Å²) in [6, 6.07) is 0.500. The lowest BCUT2D eigenvalue weighted by Gasteiger charge is -2.22. The number of ether oxygens (including phenoxy) is 1. The molecule has 1 heterocycles. The fraction of sp³-hybridized carbons (Fsp3) is 0.923. The van der Waals surface area contributed by atoms with Crippen LogP contribution in [-0.4, -0.2) is 62.8 Å². The van der Waals surface area contributed by atoms with E-state index >= 15 is 0 Å². The van der Waals surface area contributed by atoms with E-state index in [1.54, 1.807) is 0 Å². The van der Waals surface area contributed by atoms with E-state index in [1.807, 2.05) is 20.9 Å². The van der Waals surface area contributed by atoms with Gasteiger partial charge in [-0.2, -0.15) is 0 Å². The van der Waals surface area contributed by atoms with Crippen LogP contribution < -0.4 is 10.6 Å². The summed E-state index contributed by atoms with van der Waals surface area (Å²) in [5.41, 5.74) is 0. The maximum Gasteiger partial charge on any atom is 0.234 e. The molecule has 0 aromatic rings. The highest BCUT2D eigenvalue weighted by atomic mass is 16.5. The third kappa shape index (κ3) is 6.33. The number of hydrogen-bond acceptors (Lipinski definition) is 4. The highest BCUT2D eigenvalue weighted by Gasteiger charge is 2.20. The Morgan fingerprint density at radius 1 is 1.56 bits per heavy atom. The molecule has 0 spiro atoms. The van der Waals surface area contributed by atoms with Crippen LogP contribution in [0.15, 0.2) is 0 Å². The van der Waals surface area contributed by atoms with Crippen molar-refractivity contribution in [1.82, 2.24) is 15.5 Å². The zero-order chi connectivity index (χ0) is 13.4. The minimum atomic E-state index is 0.106. The first kappa shape index (κ1) is 15.4. The molecule has 1 fully saturated rings. The van der Waals surface area contributed by atoms with Crippen LogP contribution in [0.5, 0.6) is 0 Å². The Bertz CT molecular complexity index is 240. The van der Waals surface area contributed by atoms with Gasteiger partial charge in [0.05, 0.1) is 12.6 Å². The van der Waals surface area contributed by atoms with Crippen molar-refractivity contribution >= 4 is 5.91 Å². The van der Waals surface area contributed by atoms with Gasteiger partial charge in [-0.05, 0) is 40.3 Å². The van der Waals surface area contributed by atoms with E-state index in [-0.39, 0.29) is 12.0 Å². The van der Waals surface area contributed by atoms with E-state index in [9.17, 15) is 4.79 Å². The van der Waals surface area contributed by atoms with Crippen LogP contribution in [-0.2, 0) is 9.53 Å². The summed E-state index contributed by atoms with van der Waals surface area (Å²) >= 11 is 0. The van der Waals surface area contributed by atoms with Gasteiger partial charge >= 0.3 is 0 Å². The lowest BCUT2D eigenvalue weighted by Crippen LogP contribution is -2.41. The molecule has 0 saturated carbocycles. The van der Waals surface area contributed by atoms with E-state index in [1.165, 1.54) is 0 Å². The molecule has 1 atom stereocenters. The molecule has 18 heavy (non-hydrogen) atoms. The number of rotatable bonds is 8. The van der Waals surface area contributed by atoms with E-state index in [0.717, 1.165) is 25.9 Å². The van der Waals surface area contributed by atoms with Crippen LogP contribution in [0.2, 0.25) is 0 Å². The molecule has 0 bridgehead atoms. The lowest BCUT2D eigenvalue weighted by atomic mass is 10.2. The Morgan fingerprint density at radius 3 is 2.94 bits per heavy atom. The molecule has 5 heteroatoms. The second kappa shape index (κ2) is 8.45. The maximum atomic E-state index is 11.7. The molecule has 0 aromatic carbocycles.